The minimum atomic E-state index is -1.34. The summed E-state index contributed by atoms with van der Waals surface area (Å²) in [5, 5.41) is 22.1. The Balaban J connectivity index is 1.44. The number of aliphatic hydroxyl groups excluding tert-OH is 1. The van der Waals surface area contributed by atoms with Crippen LogP contribution in [-0.2, 0) is 31.1 Å². The van der Waals surface area contributed by atoms with Crippen molar-refractivity contribution in [2.24, 2.45) is 0 Å². The van der Waals surface area contributed by atoms with Crippen LogP contribution in [0, 0.1) is 0 Å². The lowest BCUT2D eigenvalue weighted by molar-refractivity contribution is -0.149. The van der Waals surface area contributed by atoms with Crippen molar-refractivity contribution >= 4 is 5.97 Å². The first kappa shape index (κ1) is 29.6. The number of nitrogens with zero attached hydrogens (tertiary/aromatic N) is 1. The normalized spacial score (nSPS) is 12.4. The van der Waals surface area contributed by atoms with E-state index in [9.17, 15) is 15.0 Å². The Bertz CT molecular complexity index is 1520. The molecule has 6 heteroatoms. The highest BCUT2D eigenvalue weighted by Gasteiger charge is 2.34. The molecule has 0 aliphatic rings. The molecule has 0 spiro atoms. The molecule has 0 aliphatic carbocycles. The number of ether oxygens (including phenoxy) is 2. The molecule has 5 aromatic rings. The van der Waals surface area contributed by atoms with Gasteiger partial charge in [0.25, 0.3) is 0 Å². The van der Waals surface area contributed by atoms with E-state index in [0.717, 1.165) is 22.3 Å². The smallest absolute Gasteiger partial charge is 0.324 e. The van der Waals surface area contributed by atoms with Crippen LogP contribution in [0.4, 0.5) is 0 Å². The number of carboxylic acid groups (broad SMARTS) is 1. The molecular formula is C37H35NO5. The molecule has 0 aromatic heterocycles. The van der Waals surface area contributed by atoms with Crippen LogP contribution in [-0.4, -0.2) is 27.1 Å². The zero-order valence-electron chi connectivity index (χ0n) is 23.8. The monoisotopic (exact) mass is 573 g/mol. The largest absolute Gasteiger partial charge is 0.485 e. The topological polar surface area (TPSA) is 79.2 Å². The van der Waals surface area contributed by atoms with E-state index in [1.165, 1.54) is 0 Å². The Hall–Kier alpha value is -4.91. The summed E-state index contributed by atoms with van der Waals surface area (Å²) in [6.45, 7) is 1.32. The van der Waals surface area contributed by atoms with Gasteiger partial charge in [-0.05, 0) is 39.9 Å². The maximum Gasteiger partial charge on any atom is 0.324 e. The number of rotatable bonds is 14. The molecule has 0 aliphatic heterocycles. The highest BCUT2D eigenvalue weighted by molar-refractivity contribution is 5.74. The van der Waals surface area contributed by atoms with Gasteiger partial charge in [0.2, 0.25) is 0 Å². The van der Waals surface area contributed by atoms with Crippen LogP contribution in [0.2, 0.25) is 0 Å². The van der Waals surface area contributed by atoms with Gasteiger partial charge >= 0.3 is 5.97 Å². The van der Waals surface area contributed by atoms with Crippen LogP contribution in [0.1, 0.15) is 33.9 Å². The van der Waals surface area contributed by atoms with Crippen LogP contribution in [0.5, 0.6) is 11.5 Å². The molecule has 2 N–H and O–H groups in total. The molecule has 0 amide bonds. The maximum atomic E-state index is 12.8. The third-order valence-electron chi connectivity index (χ3n) is 7.19. The number of aliphatic carboxylic acids is 1. The Kier molecular flexibility index (Phi) is 10.2. The van der Waals surface area contributed by atoms with Crippen LogP contribution < -0.4 is 9.47 Å². The van der Waals surface area contributed by atoms with Crippen molar-refractivity contribution in [1.29, 1.82) is 0 Å². The summed E-state index contributed by atoms with van der Waals surface area (Å²) in [6, 6.07) is 42.8. The molecule has 5 rings (SSSR count). The van der Waals surface area contributed by atoms with E-state index in [0.29, 0.717) is 43.4 Å². The average Bonchev–Trinajstić information content (AvgIpc) is 3.05. The molecule has 6 nitrogen and oxygen atoms in total. The third-order valence-corrected chi connectivity index (χ3v) is 7.19. The fraction of sp³-hybridized carbons (Fsp3) is 0.162. The lowest BCUT2D eigenvalue weighted by Crippen LogP contribution is -2.44. The van der Waals surface area contributed by atoms with E-state index in [1.54, 1.807) is 23.1 Å². The van der Waals surface area contributed by atoms with E-state index < -0.39 is 18.1 Å². The second-order valence-corrected chi connectivity index (χ2v) is 10.4. The second kappa shape index (κ2) is 14.8. The second-order valence-electron chi connectivity index (χ2n) is 10.4. The highest BCUT2D eigenvalue weighted by atomic mass is 16.5. The minimum absolute atomic E-state index is 0.290. The highest BCUT2D eigenvalue weighted by Crippen LogP contribution is 2.34. The average molecular weight is 574 g/mol. The van der Waals surface area contributed by atoms with E-state index >= 15 is 0 Å². The van der Waals surface area contributed by atoms with Gasteiger partial charge < -0.3 is 19.7 Å². The van der Waals surface area contributed by atoms with Gasteiger partial charge in [-0.25, -0.2) is 0 Å². The fourth-order valence-corrected chi connectivity index (χ4v) is 4.97. The first-order valence-corrected chi connectivity index (χ1v) is 14.3. The molecule has 218 valence electrons. The van der Waals surface area contributed by atoms with E-state index in [-0.39, 0.29) is 0 Å². The molecule has 0 fully saturated rings. The van der Waals surface area contributed by atoms with Gasteiger partial charge in [0.1, 0.15) is 25.4 Å². The molecule has 0 bridgehead atoms. The van der Waals surface area contributed by atoms with Gasteiger partial charge in [-0.3, -0.25) is 9.69 Å². The number of carboxylic acids is 1. The Labute approximate surface area is 252 Å². The van der Waals surface area contributed by atoms with Crippen molar-refractivity contribution in [3.05, 3.63) is 167 Å². The molecule has 0 unspecified atom stereocenters. The summed E-state index contributed by atoms with van der Waals surface area (Å²) in [7, 11) is 0. The SMILES string of the molecule is O=C(O)[C@@H]([C@H](O)c1ccc(OCc2ccccc2)c(OCc2ccccc2)c1)N(Cc1ccccc1)Cc1ccccc1. The van der Waals surface area contributed by atoms with Crippen LogP contribution in [0.3, 0.4) is 0 Å². The van der Waals surface area contributed by atoms with Gasteiger partial charge in [-0.1, -0.05) is 127 Å². The van der Waals surface area contributed by atoms with Crippen LogP contribution >= 0.6 is 0 Å². The molecule has 0 radical (unpaired) electrons. The summed E-state index contributed by atoms with van der Waals surface area (Å²) >= 11 is 0. The summed E-state index contributed by atoms with van der Waals surface area (Å²) in [5.74, 6) is -0.179. The number of hydrogen-bond acceptors (Lipinski definition) is 5. The van der Waals surface area contributed by atoms with Crippen molar-refractivity contribution in [3.63, 3.8) is 0 Å². The zero-order chi connectivity index (χ0) is 29.9. The number of hydrogen-bond donors (Lipinski definition) is 2. The van der Waals surface area contributed by atoms with E-state index in [4.69, 9.17) is 9.47 Å². The lowest BCUT2D eigenvalue weighted by atomic mass is 9.98. The van der Waals surface area contributed by atoms with Crippen molar-refractivity contribution in [2.75, 3.05) is 0 Å². The predicted molar refractivity (Wildman–Crippen MR) is 167 cm³/mol. The summed E-state index contributed by atoms with van der Waals surface area (Å²) in [5.41, 5.74) is 4.31. The Morgan fingerprint density at radius 2 is 1.00 bits per heavy atom. The summed E-state index contributed by atoms with van der Waals surface area (Å²) in [6.07, 6.45) is -1.34. The number of carbonyl (C=O) groups is 1. The summed E-state index contributed by atoms with van der Waals surface area (Å²) in [4.78, 5) is 14.6. The van der Waals surface area contributed by atoms with Gasteiger partial charge in [-0.2, -0.15) is 0 Å². The third kappa shape index (κ3) is 8.32. The van der Waals surface area contributed by atoms with E-state index in [2.05, 4.69) is 0 Å². The summed E-state index contributed by atoms with van der Waals surface area (Å²) < 4.78 is 12.3. The lowest BCUT2D eigenvalue weighted by Gasteiger charge is -2.32. The molecule has 0 heterocycles. The van der Waals surface area contributed by atoms with Crippen molar-refractivity contribution in [1.82, 2.24) is 4.90 Å². The fourth-order valence-electron chi connectivity index (χ4n) is 4.97. The van der Waals surface area contributed by atoms with Gasteiger partial charge in [-0.15, -0.1) is 0 Å². The molecule has 0 saturated carbocycles. The van der Waals surface area contributed by atoms with Crippen molar-refractivity contribution in [2.45, 2.75) is 38.4 Å². The van der Waals surface area contributed by atoms with Crippen molar-refractivity contribution in [3.8, 4) is 11.5 Å². The van der Waals surface area contributed by atoms with Gasteiger partial charge in [0.05, 0.1) is 0 Å². The Morgan fingerprint density at radius 1 is 0.581 bits per heavy atom. The maximum absolute atomic E-state index is 12.8. The van der Waals surface area contributed by atoms with Gasteiger partial charge in [0, 0.05) is 13.1 Å². The first-order valence-electron chi connectivity index (χ1n) is 14.3. The number of aliphatic hydroxyl groups is 1. The molecule has 43 heavy (non-hydrogen) atoms. The molecule has 2 atom stereocenters. The molecule has 0 saturated heterocycles. The standard InChI is InChI=1S/C37H35NO5/c39-36(35(37(40)41)38(24-28-13-5-1-6-14-28)25-29-15-7-2-8-16-29)32-21-22-33(42-26-30-17-9-3-10-18-30)34(23-32)43-27-31-19-11-4-12-20-31/h1-23,35-36,39H,24-27H2,(H,40,41)/t35-,36-/m1/s1. The van der Waals surface area contributed by atoms with Crippen molar-refractivity contribution < 1.29 is 24.5 Å². The van der Waals surface area contributed by atoms with Crippen LogP contribution in [0.15, 0.2) is 140 Å². The zero-order valence-corrected chi connectivity index (χ0v) is 23.8. The first-order chi connectivity index (χ1) is 21.1. The minimum Gasteiger partial charge on any atom is -0.485 e. The Morgan fingerprint density at radius 3 is 1.44 bits per heavy atom. The number of benzene rings is 5. The van der Waals surface area contributed by atoms with Gasteiger partial charge in [0.15, 0.2) is 11.5 Å². The van der Waals surface area contributed by atoms with E-state index in [1.807, 2.05) is 121 Å². The molecule has 5 aromatic carbocycles. The molecular weight excluding hydrogens is 538 g/mol. The predicted octanol–water partition coefficient (Wildman–Crippen LogP) is 7.03. The quantitative estimate of drug-likeness (QED) is 0.148. The van der Waals surface area contributed by atoms with Crippen LogP contribution in [0.25, 0.3) is 0 Å².